The lowest BCUT2D eigenvalue weighted by Crippen LogP contribution is -2.24. The fourth-order valence-electron chi connectivity index (χ4n) is 4.48. The summed E-state index contributed by atoms with van der Waals surface area (Å²) in [5.74, 6) is -0.269. The van der Waals surface area contributed by atoms with Gasteiger partial charge in [-0.1, -0.05) is 17.7 Å². The van der Waals surface area contributed by atoms with Gasteiger partial charge in [0.1, 0.15) is 34.9 Å². The van der Waals surface area contributed by atoms with Crippen molar-refractivity contribution in [3.63, 3.8) is 0 Å². The van der Waals surface area contributed by atoms with Gasteiger partial charge in [-0.25, -0.2) is 14.4 Å². The van der Waals surface area contributed by atoms with Crippen LogP contribution in [0.2, 0.25) is 5.02 Å². The number of nitrogens with one attached hydrogen (secondary N) is 1. The van der Waals surface area contributed by atoms with Crippen LogP contribution in [-0.2, 0) is 15.7 Å². The van der Waals surface area contributed by atoms with Crippen molar-refractivity contribution in [3.05, 3.63) is 59.0 Å². The van der Waals surface area contributed by atoms with Crippen LogP contribution in [0.1, 0.15) is 31.7 Å². The Morgan fingerprint density at radius 3 is 2.73 bits per heavy atom. The van der Waals surface area contributed by atoms with Crippen LogP contribution in [0.4, 0.5) is 29.2 Å². The zero-order chi connectivity index (χ0) is 28.3. The smallest absolute Gasteiger partial charge is 0.416 e. The Morgan fingerprint density at radius 1 is 1.15 bits per heavy atom. The van der Waals surface area contributed by atoms with E-state index in [1.165, 1.54) is 29.3 Å². The molecule has 5 rings (SSSR count). The predicted molar refractivity (Wildman–Crippen MR) is 141 cm³/mol. The summed E-state index contributed by atoms with van der Waals surface area (Å²) in [6.07, 6.45) is -0.534. The minimum absolute atomic E-state index is 0.0730. The van der Waals surface area contributed by atoms with Crippen LogP contribution in [0.3, 0.4) is 0 Å². The predicted octanol–water partition coefficient (Wildman–Crippen LogP) is 6.91. The van der Waals surface area contributed by atoms with Crippen LogP contribution < -0.4 is 9.64 Å². The van der Waals surface area contributed by atoms with Gasteiger partial charge in [0.25, 0.3) is 0 Å². The maximum absolute atomic E-state index is 15.4. The van der Waals surface area contributed by atoms with E-state index in [4.69, 9.17) is 25.8 Å². The fraction of sp³-hybridized carbons (Fsp3) is 0.370. The molecule has 1 fully saturated rings. The number of alkyl halides is 3. The highest BCUT2D eigenvalue weighted by molar-refractivity contribution is 6.33. The first kappa shape index (κ1) is 28.1. The minimum atomic E-state index is -4.55. The van der Waals surface area contributed by atoms with Crippen molar-refractivity contribution in [2.24, 2.45) is 0 Å². The maximum atomic E-state index is 15.4. The molecule has 0 bridgehead atoms. The van der Waals surface area contributed by atoms with E-state index in [-0.39, 0.29) is 59.7 Å². The number of aromatic nitrogens is 4. The highest BCUT2D eigenvalue weighted by Crippen LogP contribution is 2.39. The summed E-state index contributed by atoms with van der Waals surface area (Å²) < 4.78 is 72.1. The van der Waals surface area contributed by atoms with E-state index in [2.05, 4.69) is 20.2 Å². The second kappa shape index (κ2) is 11.9. The van der Waals surface area contributed by atoms with Crippen LogP contribution in [-0.4, -0.2) is 52.8 Å². The summed E-state index contributed by atoms with van der Waals surface area (Å²) in [4.78, 5) is 10.7. The normalized spacial score (nSPS) is 15.9. The summed E-state index contributed by atoms with van der Waals surface area (Å²) >= 11 is 6.27. The minimum Gasteiger partial charge on any atom is -0.490 e. The summed E-state index contributed by atoms with van der Waals surface area (Å²) in [5.41, 5.74) is 0.357. The number of fused-ring (bicyclic) bond motifs is 1. The summed E-state index contributed by atoms with van der Waals surface area (Å²) in [6.45, 7) is 3.06. The molecule has 0 spiro atoms. The maximum Gasteiger partial charge on any atom is 0.416 e. The average Bonchev–Trinajstić information content (AvgIpc) is 3.41. The monoisotopic (exact) mass is 579 g/mol. The van der Waals surface area contributed by atoms with Crippen LogP contribution in [0, 0.1) is 5.82 Å². The molecule has 1 aliphatic rings. The molecule has 2 aromatic carbocycles. The van der Waals surface area contributed by atoms with Crippen molar-refractivity contribution in [1.29, 1.82) is 0 Å². The molecule has 4 aromatic rings. The molecule has 13 heteroatoms. The quantitative estimate of drug-likeness (QED) is 0.170. The first-order valence-electron chi connectivity index (χ1n) is 12.8. The second-order valence-corrected chi connectivity index (χ2v) is 9.45. The Bertz CT molecular complexity index is 1480. The first-order chi connectivity index (χ1) is 19.3. The summed E-state index contributed by atoms with van der Waals surface area (Å²) in [7, 11) is 0. The number of halogens is 5. The third kappa shape index (κ3) is 5.98. The third-order valence-corrected chi connectivity index (χ3v) is 6.71. The Morgan fingerprint density at radius 2 is 2.00 bits per heavy atom. The van der Waals surface area contributed by atoms with Crippen molar-refractivity contribution < 1.29 is 31.8 Å². The Balaban J connectivity index is 1.48. The fourth-order valence-corrected chi connectivity index (χ4v) is 4.76. The Kier molecular flexibility index (Phi) is 8.38. The van der Waals surface area contributed by atoms with Gasteiger partial charge in [-0.05, 0) is 56.5 Å². The SMILES string of the molecule is CCN(c1nc(-c2c(F)cccc2OCCOC2CCCCO2)c2[nH]ncc2n1)c1ccc(C(F)(F)F)cc1Cl. The van der Waals surface area contributed by atoms with Crippen molar-refractivity contribution in [2.45, 2.75) is 38.7 Å². The van der Waals surface area contributed by atoms with Crippen LogP contribution in [0.15, 0.2) is 42.6 Å². The lowest BCUT2D eigenvalue weighted by atomic mass is 10.1. The molecule has 0 saturated carbocycles. The van der Waals surface area contributed by atoms with E-state index < -0.39 is 17.6 Å². The summed E-state index contributed by atoms with van der Waals surface area (Å²) in [6, 6.07) is 7.45. The molecule has 1 atom stereocenters. The van der Waals surface area contributed by atoms with E-state index in [9.17, 15) is 13.2 Å². The van der Waals surface area contributed by atoms with Gasteiger partial charge < -0.3 is 19.1 Å². The van der Waals surface area contributed by atoms with Crippen molar-refractivity contribution >= 4 is 34.3 Å². The molecular weight excluding hydrogens is 554 g/mol. The molecule has 1 aliphatic heterocycles. The van der Waals surface area contributed by atoms with Gasteiger partial charge in [0.15, 0.2) is 6.29 Å². The number of nitrogens with zero attached hydrogens (tertiary/aromatic N) is 4. The number of hydrogen-bond donors (Lipinski definition) is 1. The largest absolute Gasteiger partial charge is 0.490 e. The second-order valence-electron chi connectivity index (χ2n) is 9.04. The molecule has 0 aliphatic carbocycles. The van der Waals surface area contributed by atoms with Crippen molar-refractivity contribution in [2.75, 3.05) is 31.3 Å². The molecule has 1 unspecified atom stereocenters. The zero-order valence-corrected chi connectivity index (χ0v) is 22.2. The van der Waals surface area contributed by atoms with Crippen molar-refractivity contribution in [1.82, 2.24) is 20.2 Å². The van der Waals surface area contributed by atoms with E-state index >= 15 is 4.39 Å². The van der Waals surface area contributed by atoms with Gasteiger partial charge in [0.2, 0.25) is 5.95 Å². The molecule has 0 radical (unpaired) electrons. The number of hydrogen-bond acceptors (Lipinski definition) is 7. The molecule has 1 saturated heterocycles. The highest BCUT2D eigenvalue weighted by atomic mass is 35.5. The standard InChI is InChI=1S/C27H26ClF4N5O3/c1-2-37(20-10-9-16(14-17(20)28)27(30,31)32)26-34-19-15-33-36-24(19)25(35-26)23-18(29)6-5-7-21(23)38-12-13-40-22-8-3-4-11-39-22/h5-7,9-10,14-15,22H,2-4,8,11-13H2,1H3,(H,33,36). The van der Waals surface area contributed by atoms with E-state index in [1.807, 2.05) is 0 Å². The Labute approximate surface area is 232 Å². The molecule has 0 amide bonds. The number of anilines is 2. The van der Waals surface area contributed by atoms with Crippen LogP contribution >= 0.6 is 11.6 Å². The number of ether oxygens (including phenoxy) is 3. The van der Waals surface area contributed by atoms with Gasteiger partial charge in [-0.3, -0.25) is 5.10 Å². The first-order valence-corrected chi connectivity index (χ1v) is 13.1. The van der Waals surface area contributed by atoms with Crippen LogP contribution in [0.5, 0.6) is 5.75 Å². The molecule has 1 N–H and O–H groups in total. The van der Waals surface area contributed by atoms with Gasteiger partial charge in [0, 0.05) is 13.2 Å². The highest BCUT2D eigenvalue weighted by Gasteiger charge is 2.31. The molecule has 212 valence electrons. The van der Waals surface area contributed by atoms with E-state index in [0.717, 1.165) is 31.4 Å². The third-order valence-electron chi connectivity index (χ3n) is 6.41. The summed E-state index contributed by atoms with van der Waals surface area (Å²) in [5, 5.41) is 6.70. The van der Waals surface area contributed by atoms with Crippen LogP contribution in [0.25, 0.3) is 22.3 Å². The topological polar surface area (TPSA) is 85.4 Å². The van der Waals surface area contributed by atoms with E-state index in [1.54, 1.807) is 13.0 Å². The number of aromatic amines is 1. The lowest BCUT2D eigenvalue weighted by molar-refractivity contribution is -0.165. The van der Waals surface area contributed by atoms with Gasteiger partial charge in [0.05, 0.1) is 34.6 Å². The molecule has 3 heterocycles. The lowest BCUT2D eigenvalue weighted by Gasteiger charge is -2.24. The zero-order valence-electron chi connectivity index (χ0n) is 21.5. The number of H-pyrrole nitrogens is 1. The average molecular weight is 580 g/mol. The number of rotatable bonds is 9. The van der Waals surface area contributed by atoms with Gasteiger partial charge >= 0.3 is 6.18 Å². The van der Waals surface area contributed by atoms with Gasteiger partial charge in [-0.15, -0.1) is 0 Å². The Hall–Kier alpha value is -3.48. The van der Waals surface area contributed by atoms with Crippen molar-refractivity contribution in [3.8, 4) is 17.0 Å². The molecule has 2 aromatic heterocycles. The molecular formula is C27H26ClF4N5O3. The number of benzene rings is 2. The van der Waals surface area contributed by atoms with Gasteiger partial charge in [-0.2, -0.15) is 18.3 Å². The molecule has 8 nitrogen and oxygen atoms in total. The molecule has 40 heavy (non-hydrogen) atoms. The van der Waals surface area contributed by atoms with E-state index in [0.29, 0.717) is 17.6 Å².